The van der Waals surface area contributed by atoms with Gasteiger partial charge >= 0.3 is 6.09 Å². The Hall–Kier alpha value is -3.32. The topological polar surface area (TPSA) is 152 Å². The standard InChI is InChI=1S/C24H36N4O6/c1-6-7-8-13-26-21(31)19(17-11-9-10-16(2)20(17)30)28(14-12-25)22(32)18(15-29)27-23(33)34-24(3,4)5/h9-11,18-19,29-30H,6-8,13-15H2,1-5H3,(H,26,31)(H,27,33). The van der Waals surface area contributed by atoms with Crippen molar-refractivity contribution in [2.24, 2.45) is 0 Å². The first-order valence-electron chi connectivity index (χ1n) is 11.3. The number of carbonyl (C=O) groups excluding carboxylic acids is 3. The number of nitriles is 1. The van der Waals surface area contributed by atoms with E-state index in [4.69, 9.17) is 4.74 Å². The SMILES string of the molecule is CCCCCNC(=O)C(c1cccc(C)c1O)N(CC#N)C(=O)C(CO)NC(=O)OC(C)(C)C. The molecule has 0 saturated carbocycles. The number of unbranched alkanes of at least 4 members (excludes halogenated alkanes) is 2. The van der Waals surface area contributed by atoms with Crippen LogP contribution in [0.1, 0.15) is 64.1 Å². The lowest BCUT2D eigenvalue weighted by Gasteiger charge is -2.32. The van der Waals surface area contributed by atoms with Gasteiger partial charge in [-0.2, -0.15) is 5.26 Å². The highest BCUT2D eigenvalue weighted by molar-refractivity contribution is 5.92. The highest BCUT2D eigenvalue weighted by Gasteiger charge is 2.37. The number of hydrogen-bond acceptors (Lipinski definition) is 7. The molecule has 2 atom stereocenters. The van der Waals surface area contributed by atoms with E-state index >= 15 is 0 Å². The van der Waals surface area contributed by atoms with Crippen molar-refractivity contribution in [3.63, 3.8) is 0 Å². The number of ether oxygens (including phenoxy) is 1. The quantitative estimate of drug-likeness (QED) is 0.282. The Bertz CT molecular complexity index is 890. The molecule has 188 valence electrons. The maximum Gasteiger partial charge on any atom is 0.408 e. The number of para-hydroxylation sites is 1. The van der Waals surface area contributed by atoms with E-state index in [1.807, 2.05) is 13.0 Å². The van der Waals surface area contributed by atoms with E-state index in [0.717, 1.165) is 24.2 Å². The van der Waals surface area contributed by atoms with Crippen LogP contribution in [0.25, 0.3) is 0 Å². The van der Waals surface area contributed by atoms with Gasteiger partial charge in [0.2, 0.25) is 11.8 Å². The molecule has 10 heteroatoms. The molecule has 34 heavy (non-hydrogen) atoms. The average molecular weight is 477 g/mol. The van der Waals surface area contributed by atoms with Crippen molar-refractivity contribution in [1.82, 2.24) is 15.5 Å². The second kappa shape index (κ2) is 13.4. The van der Waals surface area contributed by atoms with Crippen LogP contribution >= 0.6 is 0 Å². The van der Waals surface area contributed by atoms with E-state index in [2.05, 4.69) is 10.6 Å². The van der Waals surface area contributed by atoms with Gasteiger partial charge in [-0.15, -0.1) is 0 Å². The molecule has 0 aliphatic carbocycles. The monoisotopic (exact) mass is 476 g/mol. The fourth-order valence-electron chi connectivity index (χ4n) is 3.24. The van der Waals surface area contributed by atoms with Crippen LogP contribution in [0.4, 0.5) is 4.79 Å². The molecule has 0 heterocycles. The normalized spacial score (nSPS) is 12.7. The molecule has 0 bridgehead atoms. The van der Waals surface area contributed by atoms with E-state index < -0.39 is 48.7 Å². The van der Waals surface area contributed by atoms with Crippen LogP contribution in [-0.2, 0) is 14.3 Å². The van der Waals surface area contributed by atoms with Gasteiger partial charge in [0.1, 0.15) is 30.0 Å². The maximum atomic E-state index is 13.3. The summed E-state index contributed by atoms with van der Waals surface area (Å²) in [6.07, 6.45) is 1.63. The fourth-order valence-corrected chi connectivity index (χ4v) is 3.24. The number of aromatic hydroxyl groups is 1. The second-order valence-corrected chi connectivity index (χ2v) is 8.92. The molecule has 2 unspecified atom stereocenters. The van der Waals surface area contributed by atoms with Gasteiger partial charge in [0.15, 0.2) is 0 Å². The van der Waals surface area contributed by atoms with E-state index in [1.165, 1.54) is 6.07 Å². The highest BCUT2D eigenvalue weighted by Crippen LogP contribution is 2.32. The van der Waals surface area contributed by atoms with Crippen molar-refractivity contribution < 1.29 is 29.3 Å². The number of amides is 3. The second-order valence-electron chi connectivity index (χ2n) is 8.92. The molecule has 10 nitrogen and oxygen atoms in total. The predicted octanol–water partition coefficient (Wildman–Crippen LogP) is 2.29. The zero-order valence-electron chi connectivity index (χ0n) is 20.6. The van der Waals surface area contributed by atoms with Crippen LogP contribution in [0.2, 0.25) is 0 Å². The van der Waals surface area contributed by atoms with Crippen molar-refractivity contribution in [2.45, 2.75) is 71.6 Å². The Morgan fingerprint density at radius 3 is 2.47 bits per heavy atom. The molecular formula is C24H36N4O6. The molecule has 0 radical (unpaired) electrons. The van der Waals surface area contributed by atoms with Gasteiger partial charge in [-0.05, 0) is 39.7 Å². The molecule has 0 aromatic heterocycles. The van der Waals surface area contributed by atoms with Crippen molar-refractivity contribution in [2.75, 3.05) is 19.7 Å². The van der Waals surface area contributed by atoms with Crippen molar-refractivity contribution in [1.29, 1.82) is 5.26 Å². The predicted molar refractivity (Wildman–Crippen MR) is 126 cm³/mol. The summed E-state index contributed by atoms with van der Waals surface area (Å²) >= 11 is 0. The molecular weight excluding hydrogens is 440 g/mol. The van der Waals surface area contributed by atoms with Crippen LogP contribution in [-0.4, -0.2) is 64.4 Å². The van der Waals surface area contributed by atoms with E-state index in [0.29, 0.717) is 12.1 Å². The van der Waals surface area contributed by atoms with Gasteiger partial charge in [-0.25, -0.2) is 4.79 Å². The smallest absolute Gasteiger partial charge is 0.408 e. The van der Waals surface area contributed by atoms with E-state index in [-0.39, 0.29) is 11.3 Å². The third kappa shape index (κ3) is 8.56. The number of aliphatic hydroxyl groups excluding tert-OH is 1. The highest BCUT2D eigenvalue weighted by atomic mass is 16.6. The summed E-state index contributed by atoms with van der Waals surface area (Å²) in [6, 6.07) is 3.79. The molecule has 0 aliphatic rings. The molecule has 0 fully saturated rings. The molecule has 0 spiro atoms. The van der Waals surface area contributed by atoms with Crippen LogP contribution in [0.15, 0.2) is 18.2 Å². The number of nitrogens with zero attached hydrogens (tertiary/aromatic N) is 2. The van der Waals surface area contributed by atoms with Crippen molar-refractivity contribution >= 4 is 17.9 Å². The Morgan fingerprint density at radius 1 is 1.24 bits per heavy atom. The molecule has 1 rings (SSSR count). The number of aliphatic hydroxyl groups is 1. The summed E-state index contributed by atoms with van der Waals surface area (Å²) in [5.74, 6) is -1.65. The first kappa shape index (κ1) is 28.7. The number of benzene rings is 1. The van der Waals surface area contributed by atoms with Gasteiger partial charge in [-0.3, -0.25) is 9.59 Å². The molecule has 1 aromatic rings. The first-order valence-corrected chi connectivity index (χ1v) is 11.3. The minimum atomic E-state index is -1.47. The van der Waals surface area contributed by atoms with E-state index in [1.54, 1.807) is 39.8 Å². The fraction of sp³-hybridized carbons (Fsp3) is 0.583. The summed E-state index contributed by atoms with van der Waals surface area (Å²) in [5, 5.41) is 34.9. The first-order chi connectivity index (χ1) is 16.0. The number of aryl methyl sites for hydroxylation is 1. The number of alkyl carbamates (subject to hydrolysis) is 1. The van der Waals surface area contributed by atoms with Gasteiger partial charge < -0.3 is 30.5 Å². The third-order valence-electron chi connectivity index (χ3n) is 4.90. The van der Waals surface area contributed by atoms with Crippen molar-refractivity contribution in [3.05, 3.63) is 29.3 Å². The number of rotatable bonds is 11. The average Bonchev–Trinajstić information content (AvgIpc) is 2.75. The Balaban J connectivity index is 3.35. The number of phenolic OH excluding ortho intramolecular Hbond substituents is 1. The molecule has 4 N–H and O–H groups in total. The lowest BCUT2D eigenvalue weighted by Crippen LogP contribution is -2.54. The summed E-state index contributed by atoms with van der Waals surface area (Å²) < 4.78 is 5.15. The Kier molecular flexibility index (Phi) is 11.3. The summed E-state index contributed by atoms with van der Waals surface area (Å²) in [7, 11) is 0. The van der Waals surface area contributed by atoms with Gasteiger partial charge in [0, 0.05) is 12.1 Å². The summed E-state index contributed by atoms with van der Waals surface area (Å²) in [4.78, 5) is 39.7. The number of phenols is 1. The third-order valence-corrected chi connectivity index (χ3v) is 4.90. The maximum absolute atomic E-state index is 13.3. The molecule has 0 saturated heterocycles. The minimum Gasteiger partial charge on any atom is -0.507 e. The zero-order valence-corrected chi connectivity index (χ0v) is 20.6. The van der Waals surface area contributed by atoms with Gasteiger partial charge in [-0.1, -0.05) is 38.0 Å². The lowest BCUT2D eigenvalue weighted by molar-refractivity contribution is -0.142. The lowest BCUT2D eigenvalue weighted by atomic mass is 9.99. The molecule has 0 aliphatic heterocycles. The zero-order chi connectivity index (χ0) is 25.9. The van der Waals surface area contributed by atoms with Crippen LogP contribution in [0.3, 0.4) is 0 Å². The van der Waals surface area contributed by atoms with E-state index in [9.17, 15) is 29.9 Å². The van der Waals surface area contributed by atoms with Crippen LogP contribution in [0.5, 0.6) is 5.75 Å². The van der Waals surface area contributed by atoms with Crippen LogP contribution in [0, 0.1) is 18.3 Å². The number of hydrogen-bond donors (Lipinski definition) is 4. The summed E-state index contributed by atoms with van der Waals surface area (Å²) in [5.41, 5.74) is -0.227. The summed E-state index contributed by atoms with van der Waals surface area (Å²) in [6.45, 7) is 7.64. The molecule has 1 aromatic carbocycles. The Morgan fingerprint density at radius 2 is 1.91 bits per heavy atom. The van der Waals surface area contributed by atoms with Gasteiger partial charge in [0.05, 0.1) is 12.7 Å². The number of carbonyl (C=O) groups is 3. The van der Waals surface area contributed by atoms with Crippen molar-refractivity contribution in [3.8, 4) is 11.8 Å². The van der Waals surface area contributed by atoms with Crippen LogP contribution < -0.4 is 10.6 Å². The molecule has 3 amide bonds. The Labute approximate surface area is 200 Å². The minimum absolute atomic E-state index is 0.130. The number of nitrogens with one attached hydrogen (secondary N) is 2. The van der Waals surface area contributed by atoms with Gasteiger partial charge in [0.25, 0.3) is 0 Å². The largest absolute Gasteiger partial charge is 0.507 e.